The smallest absolute Gasteiger partial charge is 0.418 e. The van der Waals surface area contributed by atoms with Crippen LogP contribution in [0.5, 0.6) is 23.0 Å². The molecule has 0 bridgehead atoms. The first-order valence-corrected chi connectivity index (χ1v) is 42.9. The van der Waals surface area contributed by atoms with Crippen molar-refractivity contribution in [2.75, 3.05) is 105 Å². The number of amides is 4. The van der Waals surface area contributed by atoms with Crippen LogP contribution in [-0.4, -0.2) is 239 Å². The summed E-state index contributed by atoms with van der Waals surface area (Å²) in [7, 11) is 0. The molecule has 4 fully saturated rings. The SMILES string of the molecule is CC(C)(C)OC(=O)N1CCC2(CC1)CC(CCO)c1ccccc1O2.CC(C)(C)OC(=O)N1CCC2(CC1)CC(CCOCC(=O)O)c1ccccc1O2.CCOC(=O)C=[N+]=N.CCOC(=O)CC1CC2(CCN(C(=O)OC(C)(C)C)CC2)Oc2ccccc21.CCOC(=O)COCCC1CC2(CCN(C(=O)OC(C)(C)C)CC2)Oc2ccccc21. The number of rotatable bonds is 18. The topological polar surface area (TPSA) is 348 Å². The molecule has 12 rings (SSSR count). The molecule has 0 saturated carbocycles. The molecule has 4 aromatic rings. The number of nitrogens with zero attached hydrogens (tertiary/aromatic N) is 5. The number of fused-ring (bicyclic) bond motifs is 4. The number of aliphatic carboxylic acids is 1. The summed E-state index contributed by atoms with van der Waals surface area (Å²) in [5.74, 6) is 2.42. The molecule has 4 atom stereocenters. The highest BCUT2D eigenvalue weighted by Crippen LogP contribution is 2.51. The van der Waals surface area contributed by atoms with Crippen molar-refractivity contribution in [1.29, 1.82) is 5.53 Å². The number of para-hydroxylation sites is 4. The average molecular weight is 1690 g/mol. The van der Waals surface area contributed by atoms with Crippen LogP contribution in [0.2, 0.25) is 0 Å². The Morgan fingerprint density at radius 2 is 0.686 bits per heavy atom. The fourth-order valence-electron chi connectivity index (χ4n) is 16.6. The molecule has 4 spiro atoms. The number of carbonyl (C=O) groups excluding carboxylic acids is 7. The van der Waals surface area contributed by atoms with Gasteiger partial charge in [0.1, 0.15) is 81.0 Å². The number of benzene rings is 4. The third kappa shape index (κ3) is 30.1. The lowest BCUT2D eigenvalue weighted by atomic mass is 9.76. The highest BCUT2D eigenvalue weighted by molar-refractivity contribution is 6.20. The Kier molecular flexibility index (Phi) is 35.1. The number of carboxylic acid groups (broad SMARTS) is 1. The minimum Gasteiger partial charge on any atom is -0.487 e. The van der Waals surface area contributed by atoms with Gasteiger partial charge in [-0.25, -0.2) is 33.6 Å². The van der Waals surface area contributed by atoms with Crippen LogP contribution in [0, 0.1) is 5.53 Å². The Morgan fingerprint density at radius 1 is 0.413 bits per heavy atom. The maximum Gasteiger partial charge on any atom is 0.418 e. The first kappa shape index (κ1) is 96.8. The molecule has 0 radical (unpaired) electrons. The molecule has 29 heteroatoms. The lowest BCUT2D eigenvalue weighted by Gasteiger charge is -2.47. The summed E-state index contributed by atoms with van der Waals surface area (Å²) >= 11 is 0. The van der Waals surface area contributed by atoms with Crippen LogP contribution in [0.4, 0.5) is 19.2 Å². The molecule has 668 valence electrons. The molecule has 4 aromatic carbocycles. The third-order valence-corrected chi connectivity index (χ3v) is 22.1. The van der Waals surface area contributed by atoms with Crippen molar-refractivity contribution < 1.29 is 115 Å². The Labute approximate surface area is 713 Å². The summed E-state index contributed by atoms with van der Waals surface area (Å²) in [6, 6.07) is 32.2. The Hall–Kier alpha value is -9.70. The monoisotopic (exact) mass is 1690 g/mol. The van der Waals surface area contributed by atoms with Crippen molar-refractivity contribution in [2.24, 2.45) is 0 Å². The number of ether oxygens (including phenoxy) is 13. The number of aliphatic hydroxyl groups is 1. The minimum absolute atomic E-state index is 0.0191. The molecule has 8 heterocycles. The summed E-state index contributed by atoms with van der Waals surface area (Å²) in [4.78, 5) is 104. The van der Waals surface area contributed by atoms with E-state index < -0.39 is 34.3 Å². The van der Waals surface area contributed by atoms with E-state index in [0.29, 0.717) is 97.7 Å². The van der Waals surface area contributed by atoms with Crippen LogP contribution in [0.3, 0.4) is 0 Å². The molecule has 8 aliphatic heterocycles. The number of carbonyl (C=O) groups is 8. The maximum absolute atomic E-state index is 12.4. The van der Waals surface area contributed by atoms with Crippen molar-refractivity contribution in [3.63, 3.8) is 0 Å². The normalized spacial score (nSPS) is 20.0. The number of carboxylic acids is 1. The number of nitrogens with one attached hydrogen (secondary N) is 1. The minimum atomic E-state index is -0.955. The van der Waals surface area contributed by atoms with Gasteiger partial charge < -0.3 is 91.4 Å². The molecule has 4 unspecified atom stereocenters. The molecular weight excluding hydrogens is 1560 g/mol. The molecule has 4 amide bonds. The summed E-state index contributed by atoms with van der Waals surface area (Å²) in [5.41, 5.74) is 7.57. The molecule has 4 saturated heterocycles. The quantitative estimate of drug-likeness (QED) is 0.0208. The lowest BCUT2D eigenvalue weighted by molar-refractivity contribution is -0.149. The van der Waals surface area contributed by atoms with Gasteiger partial charge in [0, 0.05) is 129 Å². The van der Waals surface area contributed by atoms with Crippen molar-refractivity contribution in [1.82, 2.24) is 19.6 Å². The van der Waals surface area contributed by atoms with E-state index in [1.54, 1.807) is 33.4 Å². The Morgan fingerprint density at radius 3 is 0.967 bits per heavy atom. The van der Waals surface area contributed by atoms with Crippen molar-refractivity contribution >= 4 is 54.5 Å². The molecular formula is C92H133N6O23+. The summed E-state index contributed by atoms with van der Waals surface area (Å²) in [5, 5.41) is 18.2. The standard InChI is InChI=1S/C24H35NO6.C22H31NO6.C22H31NO5.C20H29NO4.C4H7N2O2/c1-5-29-21(26)17-28-15-10-18-16-24(30-20-9-7-6-8-19(18)20)11-13-25(14-12-24)22(27)31-23(2,3)4;1-21(2,3)29-20(26)23-11-9-22(10-12-23)14-16(8-13-27-15-19(24)25)17-6-4-5-7-18(17)28-22;1-5-26-19(24)14-16-15-22(27-18-9-7-6-8-17(16)18)10-12-23(13-11-22)20(25)28-21(2,3)4;1-19(2,3)25-18(23)21-11-9-20(10-12-21)14-15(8-13-22)16-6-4-5-7-17(16)24-20;1-2-8-4(7)3-6-5/h6-9,18H,5,10-17H2,1-4H3;4-7,16H,8-15H2,1-3H3,(H,24,25);6-9,16H,5,10-15H2,1-4H3;4-7,15,22H,8-14H2,1-3H3;3,5H,2H2,1H3/q;;;;+1. The predicted octanol–water partition coefficient (Wildman–Crippen LogP) is 15.9. The van der Waals surface area contributed by atoms with Gasteiger partial charge in [-0.2, -0.15) is 0 Å². The van der Waals surface area contributed by atoms with E-state index in [-0.39, 0.29) is 96.3 Å². The average Bonchev–Trinajstić information content (AvgIpc) is 0.781. The van der Waals surface area contributed by atoms with Gasteiger partial charge in [0.2, 0.25) is 0 Å². The number of hydrogen-bond acceptors (Lipinski definition) is 23. The van der Waals surface area contributed by atoms with Crippen molar-refractivity contribution in [3.05, 3.63) is 119 Å². The van der Waals surface area contributed by atoms with Crippen LogP contribution in [-0.2, 0) is 61.8 Å². The molecule has 0 aromatic heterocycles. The largest absolute Gasteiger partial charge is 0.487 e. The van der Waals surface area contributed by atoms with E-state index in [1.165, 1.54) is 11.1 Å². The molecule has 121 heavy (non-hydrogen) atoms. The Balaban J connectivity index is 0.000000195. The zero-order valence-corrected chi connectivity index (χ0v) is 74.0. The van der Waals surface area contributed by atoms with Crippen LogP contribution in [0.15, 0.2) is 97.1 Å². The van der Waals surface area contributed by atoms with Crippen LogP contribution in [0.1, 0.15) is 253 Å². The van der Waals surface area contributed by atoms with Gasteiger partial charge in [-0.15, -0.1) is 0 Å². The van der Waals surface area contributed by atoms with Gasteiger partial charge >= 0.3 is 54.5 Å². The van der Waals surface area contributed by atoms with Gasteiger partial charge in [-0.05, 0) is 213 Å². The maximum atomic E-state index is 12.4. The number of aliphatic hydroxyl groups excluding tert-OH is 1. The van der Waals surface area contributed by atoms with E-state index in [1.807, 2.05) is 169 Å². The zero-order chi connectivity index (χ0) is 88.4. The second-order valence-electron chi connectivity index (χ2n) is 36.2. The number of likely N-dealkylation sites (tertiary alicyclic amines) is 4. The number of hydrogen-bond donors (Lipinski definition) is 3. The van der Waals surface area contributed by atoms with Crippen LogP contribution >= 0.6 is 0 Å². The van der Waals surface area contributed by atoms with Crippen molar-refractivity contribution in [3.8, 4) is 23.0 Å². The lowest BCUT2D eigenvalue weighted by Crippen LogP contribution is -2.52. The first-order valence-electron chi connectivity index (χ1n) is 42.9. The molecule has 3 N–H and O–H groups in total. The van der Waals surface area contributed by atoms with Gasteiger partial charge in [0.25, 0.3) is 0 Å². The van der Waals surface area contributed by atoms with Crippen molar-refractivity contribution in [2.45, 2.75) is 275 Å². The summed E-state index contributed by atoms with van der Waals surface area (Å²) in [6.45, 7) is 34.5. The fraction of sp³-hybridized carbons (Fsp3) is 0.641. The number of esters is 3. The van der Waals surface area contributed by atoms with Crippen LogP contribution < -0.4 is 18.9 Å². The van der Waals surface area contributed by atoms with E-state index in [4.69, 9.17) is 67.5 Å². The zero-order valence-electron chi connectivity index (χ0n) is 74.0. The molecule has 0 aliphatic carbocycles. The summed E-state index contributed by atoms with van der Waals surface area (Å²) in [6.07, 6.45) is 11.8. The van der Waals surface area contributed by atoms with Gasteiger partial charge in [-0.1, -0.05) is 72.8 Å². The highest BCUT2D eigenvalue weighted by Gasteiger charge is 2.49. The van der Waals surface area contributed by atoms with Crippen LogP contribution in [0.25, 0.3) is 0 Å². The van der Waals surface area contributed by atoms with Gasteiger partial charge in [0.05, 0.1) is 36.6 Å². The van der Waals surface area contributed by atoms with Gasteiger partial charge in [0.15, 0.2) is 0 Å². The van der Waals surface area contributed by atoms with E-state index in [0.717, 1.165) is 137 Å². The van der Waals surface area contributed by atoms with E-state index in [9.17, 15) is 43.5 Å². The summed E-state index contributed by atoms with van der Waals surface area (Å²) < 4.78 is 73.1. The van der Waals surface area contributed by atoms with E-state index >= 15 is 0 Å². The van der Waals surface area contributed by atoms with Gasteiger partial charge in [-0.3, -0.25) is 4.79 Å². The third-order valence-electron chi connectivity index (χ3n) is 22.1. The molecule has 29 nitrogen and oxygen atoms in total. The predicted molar refractivity (Wildman–Crippen MR) is 451 cm³/mol. The first-order chi connectivity index (χ1) is 57.2. The number of piperidine rings is 4. The Bertz CT molecular complexity index is 4100. The second kappa shape index (κ2) is 43.9. The molecule has 8 aliphatic rings. The fourth-order valence-corrected chi connectivity index (χ4v) is 16.6. The second-order valence-corrected chi connectivity index (χ2v) is 36.2. The highest BCUT2D eigenvalue weighted by atomic mass is 16.6. The van der Waals surface area contributed by atoms with E-state index in [2.05, 4.69) is 27.7 Å².